The Morgan fingerprint density at radius 2 is 1.85 bits per heavy atom. The first-order valence-electron chi connectivity index (χ1n) is 8.19. The van der Waals surface area contributed by atoms with Crippen molar-refractivity contribution in [2.24, 2.45) is 0 Å². The Kier molecular flexibility index (Phi) is 5.93. The summed E-state index contributed by atoms with van der Waals surface area (Å²) < 4.78 is 15.7. The van der Waals surface area contributed by atoms with E-state index in [0.29, 0.717) is 46.8 Å². The number of nitrogens with one attached hydrogen (secondary N) is 1. The smallest absolute Gasteiger partial charge is 0.251 e. The second-order valence-electron chi connectivity index (χ2n) is 5.59. The van der Waals surface area contributed by atoms with Crippen molar-refractivity contribution in [3.63, 3.8) is 0 Å². The van der Waals surface area contributed by atoms with Crippen molar-refractivity contribution in [1.29, 1.82) is 0 Å². The Labute approximate surface area is 161 Å². The minimum Gasteiger partial charge on any atom is -0.493 e. The lowest BCUT2D eigenvalue weighted by atomic mass is 10.2. The lowest BCUT2D eigenvalue weighted by molar-refractivity contribution is 0.0953. The van der Waals surface area contributed by atoms with E-state index in [0.717, 1.165) is 5.56 Å². The van der Waals surface area contributed by atoms with E-state index in [-0.39, 0.29) is 5.91 Å². The number of hydrogen-bond donors (Lipinski definition) is 1. The summed E-state index contributed by atoms with van der Waals surface area (Å²) in [7, 11) is 3.13. The second-order valence-corrected chi connectivity index (χ2v) is 6.03. The number of amides is 1. The predicted molar refractivity (Wildman–Crippen MR) is 100 cm³/mol. The first-order valence-corrected chi connectivity index (χ1v) is 8.57. The number of hydrogen-bond acceptors (Lipinski definition) is 6. The number of carbonyl (C=O) groups excluding carboxylic acids is 1. The van der Waals surface area contributed by atoms with E-state index in [9.17, 15) is 4.79 Å². The highest BCUT2D eigenvalue weighted by Gasteiger charge is 2.12. The number of ether oxygens (including phenoxy) is 2. The third-order valence-corrected chi connectivity index (χ3v) is 4.09. The summed E-state index contributed by atoms with van der Waals surface area (Å²) in [4.78, 5) is 16.4. The third-order valence-electron chi connectivity index (χ3n) is 3.84. The van der Waals surface area contributed by atoms with Crippen LogP contribution in [0.25, 0.3) is 11.4 Å². The number of carbonyl (C=O) groups is 1. The van der Waals surface area contributed by atoms with Crippen molar-refractivity contribution in [2.45, 2.75) is 6.42 Å². The van der Waals surface area contributed by atoms with E-state index < -0.39 is 0 Å². The van der Waals surface area contributed by atoms with Crippen LogP contribution in [0.1, 0.15) is 16.2 Å². The fourth-order valence-electron chi connectivity index (χ4n) is 2.44. The number of halogens is 1. The SMILES string of the molecule is COc1ccc(-c2noc(CCNC(=O)c3ccc(Cl)cc3)n2)cc1OC. The van der Waals surface area contributed by atoms with Crippen molar-refractivity contribution in [3.05, 3.63) is 58.9 Å². The average molecular weight is 388 g/mol. The van der Waals surface area contributed by atoms with Crippen LogP contribution in [0.2, 0.25) is 5.02 Å². The zero-order valence-corrected chi connectivity index (χ0v) is 15.6. The van der Waals surface area contributed by atoms with E-state index in [1.54, 1.807) is 50.6 Å². The van der Waals surface area contributed by atoms with Gasteiger partial charge in [-0.1, -0.05) is 16.8 Å². The summed E-state index contributed by atoms with van der Waals surface area (Å²) in [6.45, 7) is 0.370. The van der Waals surface area contributed by atoms with Crippen LogP contribution < -0.4 is 14.8 Å². The molecule has 0 unspecified atom stereocenters. The van der Waals surface area contributed by atoms with Gasteiger partial charge in [-0.2, -0.15) is 4.98 Å². The van der Waals surface area contributed by atoms with Gasteiger partial charge in [0.2, 0.25) is 11.7 Å². The van der Waals surface area contributed by atoms with Crippen LogP contribution in [0.15, 0.2) is 47.0 Å². The molecule has 1 amide bonds. The Morgan fingerprint density at radius 3 is 2.56 bits per heavy atom. The molecule has 0 saturated heterocycles. The predicted octanol–water partition coefficient (Wildman–Crippen LogP) is 3.38. The molecule has 0 saturated carbocycles. The minimum atomic E-state index is -0.189. The molecule has 2 aromatic carbocycles. The molecule has 0 aliphatic heterocycles. The molecule has 7 nitrogen and oxygen atoms in total. The van der Waals surface area contributed by atoms with E-state index in [2.05, 4.69) is 15.5 Å². The van der Waals surface area contributed by atoms with Crippen LogP contribution in [0.5, 0.6) is 11.5 Å². The average Bonchev–Trinajstić information content (AvgIpc) is 3.16. The molecule has 0 fully saturated rings. The maximum atomic E-state index is 12.1. The molecule has 3 rings (SSSR count). The molecule has 0 bridgehead atoms. The fraction of sp³-hybridized carbons (Fsp3) is 0.211. The lowest BCUT2D eigenvalue weighted by Crippen LogP contribution is -2.25. The molecule has 8 heteroatoms. The van der Waals surface area contributed by atoms with Crippen molar-refractivity contribution < 1.29 is 18.8 Å². The Bertz CT molecular complexity index is 925. The summed E-state index contributed by atoms with van der Waals surface area (Å²) in [6, 6.07) is 12.0. The molecule has 3 aromatic rings. The van der Waals surface area contributed by atoms with Gasteiger partial charge in [-0.15, -0.1) is 0 Å². The summed E-state index contributed by atoms with van der Waals surface area (Å²) in [5.74, 6) is 1.88. The Balaban J connectivity index is 1.59. The molecule has 140 valence electrons. The van der Waals surface area contributed by atoms with E-state index >= 15 is 0 Å². The third kappa shape index (κ3) is 4.57. The summed E-state index contributed by atoms with van der Waals surface area (Å²) >= 11 is 5.82. The monoisotopic (exact) mass is 387 g/mol. The van der Waals surface area contributed by atoms with Crippen molar-refractivity contribution in [3.8, 4) is 22.9 Å². The highest BCUT2D eigenvalue weighted by molar-refractivity contribution is 6.30. The van der Waals surface area contributed by atoms with Gasteiger partial charge in [-0.05, 0) is 42.5 Å². The summed E-state index contributed by atoms with van der Waals surface area (Å²) in [6.07, 6.45) is 0.416. The minimum absolute atomic E-state index is 0.189. The Hall–Kier alpha value is -3.06. The van der Waals surface area contributed by atoms with E-state index in [1.807, 2.05) is 6.07 Å². The van der Waals surface area contributed by atoms with Crippen molar-refractivity contribution in [1.82, 2.24) is 15.5 Å². The quantitative estimate of drug-likeness (QED) is 0.668. The lowest BCUT2D eigenvalue weighted by Gasteiger charge is -2.07. The van der Waals surface area contributed by atoms with Gasteiger partial charge < -0.3 is 19.3 Å². The Morgan fingerprint density at radius 1 is 1.11 bits per heavy atom. The maximum Gasteiger partial charge on any atom is 0.251 e. The molecule has 27 heavy (non-hydrogen) atoms. The zero-order valence-electron chi connectivity index (χ0n) is 14.9. The van der Waals surface area contributed by atoms with Gasteiger partial charge >= 0.3 is 0 Å². The van der Waals surface area contributed by atoms with Crippen molar-refractivity contribution in [2.75, 3.05) is 20.8 Å². The molecule has 0 spiro atoms. The van der Waals surface area contributed by atoms with Crippen LogP contribution in [0.3, 0.4) is 0 Å². The highest BCUT2D eigenvalue weighted by atomic mass is 35.5. The molecule has 0 aliphatic rings. The molecule has 0 radical (unpaired) electrons. The fourth-order valence-corrected chi connectivity index (χ4v) is 2.56. The van der Waals surface area contributed by atoms with E-state index in [1.165, 1.54) is 0 Å². The first kappa shape index (κ1) is 18.7. The molecular weight excluding hydrogens is 370 g/mol. The molecule has 0 aliphatic carbocycles. The standard InChI is InChI=1S/C19H18ClN3O4/c1-25-15-8-5-13(11-16(15)26-2)18-22-17(27-23-18)9-10-21-19(24)12-3-6-14(20)7-4-12/h3-8,11H,9-10H2,1-2H3,(H,21,24). The number of aromatic nitrogens is 2. The van der Waals surface area contributed by atoms with Gasteiger partial charge in [-0.25, -0.2) is 0 Å². The largest absolute Gasteiger partial charge is 0.493 e. The molecular formula is C19H18ClN3O4. The van der Waals surface area contributed by atoms with Crippen LogP contribution in [0, 0.1) is 0 Å². The topological polar surface area (TPSA) is 86.5 Å². The zero-order chi connectivity index (χ0) is 19.2. The summed E-state index contributed by atoms with van der Waals surface area (Å²) in [5, 5.41) is 7.36. The van der Waals surface area contributed by atoms with Crippen molar-refractivity contribution >= 4 is 17.5 Å². The molecule has 1 heterocycles. The first-order chi connectivity index (χ1) is 13.1. The maximum absolute atomic E-state index is 12.1. The van der Waals surface area contributed by atoms with Crippen LogP contribution in [-0.2, 0) is 6.42 Å². The van der Waals surface area contributed by atoms with Gasteiger partial charge in [0.25, 0.3) is 5.91 Å². The van der Waals surface area contributed by atoms with Crippen LogP contribution in [-0.4, -0.2) is 36.8 Å². The van der Waals surface area contributed by atoms with E-state index in [4.69, 9.17) is 25.6 Å². The summed E-state index contributed by atoms with van der Waals surface area (Å²) in [5.41, 5.74) is 1.28. The number of nitrogens with zero attached hydrogens (tertiary/aromatic N) is 2. The number of benzene rings is 2. The van der Waals surface area contributed by atoms with Gasteiger partial charge in [0, 0.05) is 29.1 Å². The highest BCUT2D eigenvalue weighted by Crippen LogP contribution is 2.31. The molecule has 1 N–H and O–H groups in total. The number of rotatable bonds is 7. The second kappa shape index (κ2) is 8.55. The van der Waals surface area contributed by atoms with Gasteiger partial charge in [0.15, 0.2) is 11.5 Å². The van der Waals surface area contributed by atoms with Gasteiger partial charge in [0.05, 0.1) is 14.2 Å². The van der Waals surface area contributed by atoms with Crippen LogP contribution in [0.4, 0.5) is 0 Å². The molecule has 0 atom stereocenters. The normalized spacial score (nSPS) is 10.5. The molecule has 1 aromatic heterocycles. The van der Waals surface area contributed by atoms with Gasteiger partial charge in [0.1, 0.15) is 0 Å². The van der Waals surface area contributed by atoms with Crippen LogP contribution >= 0.6 is 11.6 Å². The number of methoxy groups -OCH3 is 2. The van der Waals surface area contributed by atoms with Gasteiger partial charge in [-0.3, -0.25) is 4.79 Å².